The van der Waals surface area contributed by atoms with Crippen LogP contribution in [0.4, 0.5) is 5.82 Å². The SMILES string of the molecule is COC(=O)c1cc(NC(=O)[C@H](C)N)nn1Cc1ccc(OC)cc1. The summed E-state index contributed by atoms with van der Waals surface area (Å²) in [5.74, 6) is 0.0429. The van der Waals surface area contributed by atoms with Crippen LogP contribution in [0.2, 0.25) is 0 Å². The zero-order chi connectivity index (χ0) is 17.7. The molecule has 0 unspecified atom stereocenters. The standard InChI is InChI=1S/C16H20N4O4/c1-10(17)15(21)18-14-8-13(16(22)24-3)20(19-14)9-11-4-6-12(23-2)7-5-11/h4-8,10H,9,17H2,1-3H3,(H,18,19,21)/t10-/m0/s1. The third-order valence-electron chi connectivity index (χ3n) is 3.33. The summed E-state index contributed by atoms with van der Waals surface area (Å²) >= 11 is 0. The molecule has 8 heteroatoms. The van der Waals surface area contributed by atoms with Gasteiger partial charge in [-0.05, 0) is 24.6 Å². The summed E-state index contributed by atoms with van der Waals surface area (Å²) in [5.41, 5.74) is 6.66. The zero-order valence-corrected chi connectivity index (χ0v) is 13.8. The maximum atomic E-state index is 11.9. The van der Waals surface area contributed by atoms with Crippen LogP contribution in [-0.2, 0) is 16.1 Å². The maximum absolute atomic E-state index is 11.9. The van der Waals surface area contributed by atoms with Gasteiger partial charge in [-0.1, -0.05) is 12.1 Å². The van der Waals surface area contributed by atoms with Crippen molar-refractivity contribution in [3.8, 4) is 5.75 Å². The lowest BCUT2D eigenvalue weighted by atomic mass is 10.2. The Morgan fingerprint density at radius 2 is 1.96 bits per heavy atom. The number of benzene rings is 1. The molecule has 1 amide bonds. The average Bonchev–Trinajstić information content (AvgIpc) is 2.97. The molecule has 2 rings (SSSR count). The van der Waals surface area contributed by atoms with Gasteiger partial charge in [0.25, 0.3) is 0 Å². The van der Waals surface area contributed by atoms with Crippen LogP contribution in [0.15, 0.2) is 30.3 Å². The topological polar surface area (TPSA) is 108 Å². The number of carbonyl (C=O) groups excluding carboxylic acids is 2. The van der Waals surface area contributed by atoms with Crippen LogP contribution in [0.5, 0.6) is 5.75 Å². The fourth-order valence-corrected chi connectivity index (χ4v) is 2.01. The Kier molecular flexibility index (Phi) is 5.54. The van der Waals surface area contributed by atoms with E-state index in [1.54, 1.807) is 14.0 Å². The van der Waals surface area contributed by atoms with E-state index >= 15 is 0 Å². The minimum absolute atomic E-state index is 0.230. The molecule has 0 aliphatic rings. The summed E-state index contributed by atoms with van der Waals surface area (Å²) in [6.07, 6.45) is 0. The van der Waals surface area contributed by atoms with Crippen LogP contribution in [0.25, 0.3) is 0 Å². The molecular formula is C16H20N4O4. The van der Waals surface area contributed by atoms with E-state index in [2.05, 4.69) is 10.4 Å². The van der Waals surface area contributed by atoms with Crippen molar-refractivity contribution in [2.24, 2.45) is 5.73 Å². The first-order valence-electron chi connectivity index (χ1n) is 7.30. The van der Waals surface area contributed by atoms with Gasteiger partial charge >= 0.3 is 5.97 Å². The molecule has 2 aromatic rings. The second-order valence-corrected chi connectivity index (χ2v) is 5.19. The number of nitrogens with two attached hydrogens (primary N) is 1. The molecule has 8 nitrogen and oxygen atoms in total. The van der Waals surface area contributed by atoms with Gasteiger partial charge in [0.05, 0.1) is 26.8 Å². The predicted octanol–water partition coefficient (Wildman–Crippen LogP) is 1.01. The molecule has 1 heterocycles. The molecule has 0 saturated heterocycles. The summed E-state index contributed by atoms with van der Waals surface area (Å²) < 4.78 is 11.3. The first-order valence-corrected chi connectivity index (χ1v) is 7.30. The van der Waals surface area contributed by atoms with E-state index in [9.17, 15) is 9.59 Å². The summed E-state index contributed by atoms with van der Waals surface area (Å²) in [5, 5.41) is 6.80. The van der Waals surface area contributed by atoms with Crippen molar-refractivity contribution in [3.63, 3.8) is 0 Å². The molecule has 1 atom stereocenters. The van der Waals surface area contributed by atoms with Crippen LogP contribution >= 0.6 is 0 Å². The monoisotopic (exact) mass is 332 g/mol. The number of amides is 1. The lowest BCUT2D eigenvalue weighted by molar-refractivity contribution is -0.117. The fourth-order valence-electron chi connectivity index (χ4n) is 2.01. The molecule has 0 radical (unpaired) electrons. The van der Waals surface area contributed by atoms with Gasteiger partial charge in [-0.3, -0.25) is 9.48 Å². The summed E-state index contributed by atoms with van der Waals surface area (Å²) in [6.45, 7) is 1.90. The number of nitrogens with zero attached hydrogens (tertiary/aromatic N) is 2. The lowest BCUT2D eigenvalue weighted by Crippen LogP contribution is -2.32. The van der Waals surface area contributed by atoms with Gasteiger partial charge in [0, 0.05) is 6.07 Å². The van der Waals surface area contributed by atoms with E-state index < -0.39 is 12.0 Å². The van der Waals surface area contributed by atoms with E-state index in [1.807, 2.05) is 24.3 Å². The van der Waals surface area contributed by atoms with Crippen LogP contribution in [0.1, 0.15) is 23.0 Å². The molecule has 0 spiro atoms. The average molecular weight is 332 g/mol. The van der Waals surface area contributed by atoms with Crippen molar-refractivity contribution in [1.29, 1.82) is 0 Å². The zero-order valence-electron chi connectivity index (χ0n) is 13.8. The van der Waals surface area contributed by atoms with Gasteiger partial charge in [-0.25, -0.2) is 4.79 Å². The summed E-state index contributed by atoms with van der Waals surface area (Å²) in [7, 11) is 2.87. The van der Waals surface area contributed by atoms with Crippen LogP contribution < -0.4 is 15.8 Å². The number of rotatable bonds is 6. The van der Waals surface area contributed by atoms with Gasteiger partial charge in [0.15, 0.2) is 5.82 Å². The predicted molar refractivity (Wildman–Crippen MR) is 87.9 cm³/mol. The molecule has 0 aliphatic heterocycles. The van der Waals surface area contributed by atoms with E-state index in [-0.39, 0.29) is 17.4 Å². The highest BCUT2D eigenvalue weighted by molar-refractivity contribution is 5.95. The van der Waals surface area contributed by atoms with Crippen LogP contribution in [0.3, 0.4) is 0 Å². The van der Waals surface area contributed by atoms with Gasteiger partial charge in [-0.15, -0.1) is 0 Å². The Bertz CT molecular complexity index is 722. The van der Waals surface area contributed by atoms with E-state index in [0.717, 1.165) is 11.3 Å². The molecular weight excluding hydrogens is 312 g/mol. The lowest BCUT2D eigenvalue weighted by Gasteiger charge is -2.07. The van der Waals surface area contributed by atoms with E-state index in [4.69, 9.17) is 15.2 Å². The van der Waals surface area contributed by atoms with Crippen LogP contribution in [0, 0.1) is 0 Å². The Hall–Kier alpha value is -2.87. The third kappa shape index (κ3) is 4.11. The van der Waals surface area contributed by atoms with Gasteiger partial charge < -0.3 is 20.5 Å². The number of nitrogens with one attached hydrogen (secondary N) is 1. The molecule has 0 saturated carbocycles. The highest BCUT2D eigenvalue weighted by Crippen LogP contribution is 2.16. The van der Waals surface area contributed by atoms with Gasteiger partial charge in [-0.2, -0.15) is 5.10 Å². The fraction of sp³-hybridized carbons (Fsp3) is 0.312. The molecule has 0 bridgehead atoms. The normalized spacial score (nSPS) is 11.7. The minimum atomic E-state index is -0.682. The number of anilines is 1. The smallest absolute Gasteiger partial charge is 0.356 e. The maximum Gasteiger partial charge on any atom is 0.356 e. The van der Waals surface area contributed by atoms with Gasteiger partial charge in [0.1, 0.15) is 11.4 Å². The highest BCUT2D eigenvalue weighted by Gasteiger charge is 2.18. The Balaban J connectivity index is 2.27. The second kappa shape index (κ2) is 7.60. The van der Waals surface area contributed by atoms with E-state index in [1.165, 1.54) is 17.9 Å². The van der Waals surface area contributed by atoms with E-state index in [0.29, 0.717) is 6.54 Å². The number of aromatic nitrogens is 2. The van der Waals surface area contributed by atoms with Crippen molar-refractivity contribution in [2.75, 3.05) is 19.5 Å². The number of methoxy groups -OCH3 is 2. The quantitative estimate of drug-likeness (QED) is 0.764. The molecule has 1 aromatic carbocycles. The van der Waals surface area contributed by atoms with Crippen molar-refractivity contribution < 1.29 is 19.1 Å². The Morgan fingerprint density at radius 1 is 1.29 bits per heavy atom. The van der Waals surface area contributed by atoms with Crippen LogP contribution in [-0.4, -0.2) is 41.9 Å². The summed E-state index contributed by atoms with van der Waals surface area (Å²) in [4.78, 5) is 23.6. The minimum Gasteiger partial charge on any atom is -0.497 e. The van der Waals surface area contributed by atoms with Crippen molar-refractivity contribution >= 4 is 17.7 Å². The summed E-state index contributed by atoms with van der Waals surface area (Å²) in [6, 6.07) is 8.13. The Morgan fingerprint density at radius 3 is 2.50 bits per heavy atom. The molecule has 128 valence electrons. The number of ether oxygens (including phenoxy) is 2. The Labute approximate surface area is 139 Å². The van der Waals surface area contributed by atoms with Gasteiger partial charge in [0.2, 0.25) is 5.91 Å². The largest absolute Gasteiger partial charge is 0.497 e. The first-order chi connectivity index (χ1) is 11.4. The number of hydrogen-bond donors (Lipinski definition) is 2. The molecule has 0 fully saturated rings. The third-order valence-corrected chi connectivity index (χ3v) is 3.33. The number of carbonyl (C=O) groups is 2. The molecule has 1 aromatic heterocycles. The van der Waals surface area contributed by atoms with Crippen molar-refractivity contribution in [1.82, 2.24) is 9.78 Å². The first kappa shape index (κ1) is 17.5. The number of hydrogen-bond acceptors (Lipinski definition) is 6. The van der Waals surface area contributed by atoms with Crippen molar-refractivity contribution in [3.05, 3.63) is 41.6 Å². The molecule has 3 N–H and O–H groups in total. The number of esters is 1. The van der Waals surface area contributed by atoms with Crippen molar-refractivity contribution in [2.45, 2.75) is 19.5 Å². The highest BCUT2D eigenvalue weighted by atomic mass is 16.5. The second-order valence-electron chi connectivity index (χ2n) is 5.19. The molecule has 24 heavy (non-hydrogen) atoms. The molecule has 0 aliphatic carbocycles.